The van der Waals surface area contributed by atoms with Crippen molar-refractivity contribution in [3.8, 4) is 0 Å². The molecular formula is C47H82O12S. The van der Waals surface area contributed by atoms with Gasteiger partial charge in [-0.1, -0.05) is 165 Å². The van der Waals surface area contributed by atoms with E-state index in [0.29, 0.717) is 12.8 Å². The highest BCUT2D eigenvalue weighted by Crippen LogP contribution is 2.24. The van der Waals surface area contributed by atoms with Crippen molar-refractivity contribution in [3.05, 3.63) is 48.6 Å². The Morgan fingerprint density at radius 2 is 1.05 bits per heavy atom. The number of ether oxygens (including phenoxy) is 4. The Kier molecular flexibility index (Phi) is 34.5. The van der Waals surface area contributed by atoms with Gasteiger partial charge in [-0.05, 0) is 51.4 Å². The third-order valence-corrected chi connectivity index (χ3v) is 11.2. The Balaban J connectivity index is 2.45. The Morgan fingerprint density at radius 1 is 0.583 bits per heavy atom. The maximum absolute atomic E-state index is 12.8. The van der Waals surface area contributed by atoms with Crippen molar-refractivity contribution in [2.75, 3.05) is 19.0 Å². The molecule has 0 aromatic heterocycles. The van der Waals surface area contributed by atoms with Crippen LogP contribution in [0.15, 0.2) is 48.6 Å². The van der Waals surface area contributed by atoms with Crippen molar-refractivity contribution < 1.29 is 56.8 Å². The summed E-state index contributed by atoms with van der Waals surface area (Å²) in [6.45, 7) is 3.62. The van der Waals surface area contributed by atoms with Gasteiger partial charge in [-0.25, -0.2) is 0 Å². The number of rotatable bonds is 38. The molecule has 0 aromatic carbocycles. The highest BCUT2D eigenvalue weighted by atomic mass is 32.2. The Labute approximate surface area is 363 Å². The van der Waals surface area contributed by atoms with Gasteiger partial charge in [0.05, 0.1) is 6.61 Å². The summed E-state index contributed by atoms with van der Waals surface area (Å²) < 4.78 is 54.0. The molecule has 12 nitrogen and oxygen atoms in total. The van der Waals surface area contributed by atoms with Gasteiger partial charge in [0, 0.05) is 12.8 Å². The quantitative estimate of drug-likeness (QED) is 0.0200. The number of allylic oxidation sites excluding steroid dienone is 8. The molecule has 6 atom stereocenters. The van der Waals surface area contributed by atoms with Crippen LogP contribution in [0.1, 0.15) is 181 Å². The number of aliphatic hydroxyl groups excluding tert-OH is 3. The zero-order valence-corrected chi connectivity index (χ0v) is 37.9. The third-order valence-electron chi connectivity index (χ3n) is 10.4. The monoisotopic (exact) mass is 871 g/mol. The SMILES string of the molecule is CC/C=C\C/C=C\C/C=C\C/C=C\CCCCC(=O)OC(COC(=O)CCCCCCCCCCCCCCCCCCC)COC1OC(CS(=O)(=O)O)C(O)C(O)C1O. The van der Waals surface area contributed by atoms with Crippen molar-refractivity contribution >= 4 is 22.1 Å². The summed E-state index contributed by atoms with van der Waals surface area (Å²) in [7, 11) is -4.61. The summed E-state index contributed by atoms with van der Waals surface area (Å²) >= 11 is 0. The smallest absolute Gasteiger partial charge is 0.306 e. The summed E-state index contributed by atoms with van der Waals surface area (Å²) in [4.78, 5) is 25.4. The zero-order chi connectivity index (χ0) is 44.1. The fourth-order valence-electron chi connectivity index (χ4n) is 6.84. The second-order valence-corrected chi connectivity index (χ2v) is 17.5. The number of esters is 2. The molecule has 60 heavy (non-hydrogen) atoms. The number of carbonyl (C=O) groups excluding carboxylic acids is 2. The molecule has 13 heteroatoms. The molecule has 0 aromatic rings. The maximum atomic E-state index is 12.8. The average molecular weight is 871 g/mol. The van der Waals surface area contributed by atoms with E-state index >= 15 is 0 Å². The number of hydrogen-bond acceptors (Lipinski definition) is 11. The highest BCUT2D eigenvalue weighted by molar-refractivity contribution is 7.85. The lowest BCUT2D eigenvalue weighted by Crippen LogP contribution is -2.60. The van der Waals surface area contributed by atoms with E-state index in [2.05, 4.69) is 62.5 Å². The molecule has 1 rings (SSSR count). The normalized spacial score (nSPS) is 20.5. The largest absolute Gasteiger partial charge is 0.462 e. The second kappa shape index (κ2) is 37.2. The first-order chi connectivity index (χ1) is 29.0. The summed E-state index contributed by atoms with van der Waals surface area (Å²) in [6, 6.07) is 0. The van der Waals surface area contributed by atoms with E-state index in [1.165, 1.54) is 83.5 Å². The summed E-state index contributed by atoms with van der Waals surface area (Å²) in [5.74, 6) is -2.04. The molecule has 0 saturated carbocycles. The van der Waals surface area contributed by atoms with Crippen LogP contribution in [0.2, 0.25) is 0 Å². The van der Waals surface area contributed by atoms with Gasteiger partial charge in [0.1, 0.15) is 36.8 Å². The first-order valence-corrected chi connectivity index (χ1v) is 24.8. The third kappa shape index (κ3) is 31.5. The van der Waals surface area contributed by atoms with Gasteiger partial charge in [-0.15, -0.1) is 0 Å². The molecule has 0 bridgehead atoms. The van der Waals surface area contributed by atoms with Crippen molar-refractivity contribution in [1.29, 1.82) is 0 Å². The van der Waals surface area contributed by atoms with Crippen LogP contribution in [0.3, 0.4) is 0 Å². The molecule has 4 N–H and O–H groups in total. The standard InChI is InChI=1S/C47H82O12S/c1-3-5-7-9-11-13-15-17-19-20-22-23-25-27-29-31-33-35-42(48)56-37-40(38-57-47-46(52)45(51)44(50)41(59-47)39-60(53,54)55)58-43(49)36-34-32-30-28-26-24-21-18-16-14-12-10-8-6-4-2/h6,8,12,14,18,21,26,28,40-41,44-47,50-52H,3-5,7,9-11,13,15-17,19-20,22-25,27,29-39H2,1-2H3,(H,53,54,55)/b8-6-,14-12-,21-18-,28-26-. The summed E-state index contributed by atoms with van der Waals surface area (Å²) in [6.07, 6.45) is 34.5. The Bertz CT molecular complexity index is 1300. The predicted octanol–water partition coefficient (Wildman–Crippen LogP) is 9.56. The molecule has 1 fully saturated rings. The molecule has 0 aliphatic carbocycles. The average Bonchev–Trinajstić information content (AvgIpc) is 3.21. The van der Waals surface area contributed by atoms with Gasteiger partial charge in [0.25, 0.3) is 10.1 Å². The fraction of sp³-hybridized carbons (Fsp3) is 0.787. The van der Waals surface area contributed by atoms with E-state index in [4.69, 9.17) is 18.9 Å². The van der Waals surface area contributed by atoms with Gasteiger partial charge >= 0.3 is 11.9 Å². The van der Waals surface area contributed by atoms with Crippen molar-refractivity contribution in [2.24, 2.45) is 0 Å². The van der Waals surface area contributed by atoms with Crippen LogP contribution >= 0.6 is 0 Å². The molecule has 1 saturated heterocycles. The van der Waals surface area contributed by atoms with Gasteiger partial charge in [0.15, 0.2) is 12.4 Å². The minimum atomic E-state index is -4.61. The topological polar surface area (TPSA) is 186 Å². The molecule has 0 amide bonds. The van der Waals surface area contributed by atoms with Crippen molar-refractivity contribution in [1.82, 2.24) is 0 Å². The van der Waals surface area contributed by atoms with Crippen LogP contribution in [-0.2, 0) is 38.7 Å². The van der Waals surface area contributed by atoms with E-state index in [-0.39, 0.29) is 19.4 Å². The van der Waals surface area contributed by atoms with Gasteiger partial charge in [-0.3, -0.25) is 14.1 Å². The lowest BCUT2D eigenvalue weighted by Gasteiger charge is -2.40. The molecule has 348 valence electrons. The Morgan fingerprint density at radius 3 is 1.57 bits per heavy atom. The van der Waals surface area contributed by atoms with Crippen LogP contribution in [0.4, 0.5) is 0 Å². The number of carbonyl (C=O) groups is 2. The Hall–Kier alpha value is -2.39. The lowest BCUT2D eigenvalue weighted by molar-refractivity contribution is -0.297. The van der Waals surface area contributed by atoms with Crippen LogP contribution in [0.25, 0.3) is 0 Å². The molecule has 1 aliphatic heterocycles. The van der Waals surface area contributed by atoms with Gasteiger partial charge in [0.2, 0.25) is 0 Å². The maximum Gasteiger partial charge on any atom is 0.306 e. The molecule has 6 unspecified atom stereocenters. The number of hydrogen-bond donors (Lipinski definition) is 4. The molecule has 1 heterocycles. The number of unbranched alkanes of at least 4 members (excludes halogenated alkanes) is 18. The van der Waals surface area contributed by atoms with E-state index in [9.17, 15) is 37.9 Å². The predicted molar refractivity (Wildman–Crippen MR) is 238 cm³/mol. The molecule has 1 aliphatic rings. The van der Waals surface area contributed by atoms with Crippen LogP contribution in [-0.4, -0.2) is 96.0 Å². The first kappa shape index (κ1) is 55.6. The van der Waals surface area contributed by atoms with E-state index in [1.807, 2.05) is 0 Å². The minimum absolute atomic E-state index is 0.112. The molecule has 0 radical (unpaired) electrons. The fourth-order valence-corrected chi connectivity index (χ4v) is 7.53. The second-order valence-electron chi connectivity index (χ2n) is 16.0. The summed E-state index contributed by atoms with van der Waals surface area (Å²) in [5.41, 5.74) is 0. The van der Waals surface area contributed by atoms with E-state index < -0.39 is 71.2 Å². The van der Waals surface area contributed by atoms with E-state index in [0.717, 1.165) is 57.8 Å². The molecule has 0 spiro atoms. The first-order valence-electron chi connectivity index (χ1n) is 23.2. The van der Waals surface area contributed by atoms with Gasteiger partial charge in [-0.2, -0.15) is 8.42 Å². The zero-order valence-electron chi connectivity index (χ0n) is 37.1. The van der Waals surface area contributed by atoms with Crippen LogP contribution in [0, 0.1) is 0 Å². The lowest BCUT2D eigenvalue weighted by atomic mass is 10.00. The van der Waals surface area contributed by atoms with E-state index in [1.54, 1.807) is 0 Å². The highest BCUT2D eigenvalue weighted by Gasteiger charge is 2.46. The van der Waals surface area contributed by atoms with Crippen molar-refractivity contribution in [2.45, 2.75) is 218 Å². The van der Waals surface area contributed by atoms with Gasteiger partial charge < -0.3 is 34.3 Å². The summed E-state index contributed by atoms with van der Waals surface area (Å²) in [5, 5.41) is 30.9. The molecular weight excluding hydrogens is 789 g/mol. The number of aliphatic hydroxyl groups is 3. The van der Waals surface area contributed by atoms with Crippen molar-refractivity contribution in [3.63, 3.8) is 0 Å². The minimum Gasteiger partial charge on any atom is -0.462 e. The van der Waals surface area contributed by atoms with Crippen LogP contribution < -0.4 is 0 Å². The van der Waals surface area contributed by atoms with Crippen LogP contribution in [0.5, 0.6) is 0 Å².